The summed E-state index contributed by atoms with van der Waals surface area (Å²) in [7, 11) is 1.41. The van der Waals surface area contributed by atoms with Crippen molar-refractivity contribution in [3.05, 3.63) is 82.5 Å². The summed E-state index contributed by atoms with van der Waals surface area (Å²) in [5.41, 5.74) is 2.83. The summed E-state index contributed by atoms with van der Waals surface area (Å²) in [5, 5.41) is 19.0. The topological polar surface area (TPSA) is 153 Å². The number of nitro benzene ring substituents is 1. The van der Waals surface area contributed by atoms with E-state index in [4.69, 9.17) is 13.9 Å². The van der Waals surface area contributed by atoms with E-state index in [0.717, 1.165) is 54.0 Å². The Balaban J connectivity index is 1.27. The lowest BCUT2D eigenvalue weighted by Crippen LogP contribution is -2.48. The van der Waals surface area contributed by atoms with Gasteiger partial charge in [0.1, 0.15) is 17.1 Å². The molecule has 1 fully saturated rings. The van der Waals surface area contributed by atoms with Gasteiger partial charge in [0.15, 0.2) is 0 Å². The van der Waals surface area contributed by atoms with Crippen LogP contribution in [0.3, 0.4) is 0 Å². The lowest BCUT2D eigenvalue weighted by atomic mass is 10.00. The Hall–Kier alpha value is -5.14. The van der Waals surface area contributed by atoms with Crippen LogP contribution in [0.4, 0.5) is 5.69 Å². The number of piperazine rings is 1. The van der Waals surface area contributed by atoms with Crippen LogP contribution in [0.15, 0.2) is 65.5 Å². The predicted molar refractivity (Wildman–Crippen MR) is 161 cm³/mol. The van der Waals surface area contributed by atoms with Crippen molar-refractivity contribution in [2.45, 2.75) is 26.4 Å². The number of nitrogens with one attached hydrogen (secondary N) is 1. The van der Waals surface area contributed by atoms with Crippen molar-refractivity contribution in [1.29, 1.82) is 0 Å². The number of methoxy groups -OCH3 is 1. The normalized spacial score (nSPS) is 14.3. The molecule has 0 unspecified atom stereocenters. The van der Waals surface area contributed by atoms with E-state index in [-0.39, 0.29) is 22.9 Å². The second-order valence-electron chi connectivity index (χ2n) is 10.8. The van der Waals surface area contributed by atoms with Gasteiger partial charge in [0.2, 0.25) is 11.8 Å². The smallest absolute Gasteiger partial charge is 0.349 e. The van der Waals surface area contributed by atoms with Crippen LogP contribution in [-0.2, 0) is 6.54 Å². The van der Waals surface area contributed by atoms with Gasteiger partial charge in [-0.3, -0.25) is 25.0 Å². The number of esters is 1. The number of pyridine rings is 1. The quantitative estimate of drug-likeness (QED) is 0.106. The number of carbonyl (C=O) groups excluding carboxylic acids is 1. The van der Waals surface area contributed by atoms with Crippen molar-refractivity contribution in [2.75, 3.05) is 33.3 Å². The molecule has 1 aliphatic heterocycles. The summed E-state index contributed by atoms with van der Waals surface area (Å²) < 4.78 is 17.0. The number of aromatic amines is 1. The zero-order valence-electron chi connectivity index (χ0n) is 24.5. The van der Waals surface area contributed by atoms with Gasteiger partial charge >= 0.3 is 5.97 Å². The van der Waals surface area contributed by atoms with E-state index in [1.165, 1.54) is 31.4 Å². The number of H-pyrrole nitrogens is 1. The molecule has 4 heterocycles. The molecule has 0 amide bonds. The van der Waals surface area contributed by atoms with E-state index in [1.807, 2.05) is 12.1 Å². The Morgan fingerprint density at radius 2 is 1.82 bits per heavy atom. The second kappa shape index (κ2) is 12.2. The van der Waals surface area contributed by atoms with E-state index < -0.39 is 10.9 Å². The van der Waals surface area contributed by atoms with Crippen LogP contribution in [0.25, 0.3) is 33.5 Å². The van der Waals surface area contributed by atoms with Gasteiger partial charge in [-0.2, -0.15) is 5.10 Å². The fourth-order valence-electron chi connectivity index (χ4n) is 5.28. The standard InChI is InChI=1S/C31H31N7O6/c1-19(2)37-10-8-36(9-11-37)18-24-16-33-30(43-24)25-12-20(14-28-27(25)17-34-35-28)21-13-26(29(42-3)32-15-21)31(39)44-23-6-4-22(5-7-23)38(40)41/h4-7,12-17,19H,8-11,18H2,1-3H3,(H,34,35). The summed E-state index contributed by atoms with van der Waals surface area (Å²) in [4.78, 5) is 37.4. The molecule has 1 aliphatic rings. The van der Waals surface area contributed by atoms with Gasteiger partial charge in [-0.15, -0.1) is 0 Å². The number of rotatable bonds is 9. The van der Waals surface area contributed by atoms with E-state index in [9.17, 15) is 14.9 Å². The number of hydrogen-bond donors (Lipinski definition) is 1. The number of nitro groups is 1. The minimum Gasteiger partial charge on any atom is -0.480 e. The molecule has 0 spiro atoms. The summed E-state index contributed by atoms with van der Waals surface area (Å²) in [6.07, 6.45) is 5.09. The summed E-state index contributed by atoms with van der Waals surface area (Å²) in [6, 6.07) is 11.2. The van der Waals surface area contributed by atoms with Gasteiger partial charge in [0, 0.05) is 67.1 Å². The first-order chi connectivity index (χ1) is 21.3. The molecule has 0 saturated carbocycles. The third-order valence-electron chi connectivity index (χ3n) is 7.72. The van der Waals surface area contributed by atoms with Crippen LogP contribution in [0.1, 0.15) is 30.0 Å². The molecule has 0 atom stereocenters. The molecule has 6 rings (SSSR count). The van der Waals surface area contributed by atoms with Crippen molar-refractivity contribution in [2.24, 2.45) is 0 Å². The van der Waals surface area contributed by atoms with Gasteiger partial charge < -0.3 is 13.9 Å². The highest BCUT2D eigenvalue weighted by Crippen LogP contribution is 2.34. The number of nitrogens with zero attached hydrogens (tertiary/aromatic N) is 6. The van der Waals surface area contributed by atoms with Gasteiger partial charge in [-0.1, -0.05) is 0 Å². The maximum absolute atomic E-state index is 13.1. The maximum atomic E-state index is 13.1. The molecule has 5 aromatic rings. The van der Waals surface area contributed by atoms with Crippen molar-refractivity contribution >= 4 is 22.6 Å². The van der Waals surface area contributed by atoms with Crippen molar-refractivity contribution in [3.8, 4) is 34.2 Å². The first-order valence-electron chi connectivity index (χ1n) is 14.2. The SMILES string of the molecule is COc1ncc(-c2cc(-c3ncc(CN4CCN(C(C)C)CC4)o3)c3cn[nH]c3c2)cc1C(=O)Oc1ccc([N+](=O)[O-])cc1. The second-order valence-corrected chi connectivity index (χ2v) is 10.8. The van der Waals surface area contributed by atoms with E-state index in [2.05, 4.69) is 43.8 Å². The first-order valence-corrected chi connectivity index (χ1v) is 14.2. The fourth-order valence-corrected chi connectivity index (χ4v) is 5.28. The van der Waals surface area contributed by atoms with Crippen LogP contribution in [-0.4, -0.2) is 80.2 Å². The minimum absolute atomic E-state index is 0.0788. The average Bonchev–Trinajstić information content (AvgIpc) is 3.70. The molecule has 2 aromatic carbocycles. The average molecular weight is 598 g/mol. The van der Waals surface area contributed by atoms with Gasteiger partial charge in [0.25, 0.3) is 5.69 Å². The highest BCUT2D eigenvalue weighted by Gasteiger charge is 2.22. The zero-order valence-corrected chi connectivity index (χ0v) is 24.5. The van der Waals surface area contributed by atoms with Gasteiger partial charge in [-0.25, -0.2) is 14.8 Å². The molecular formula is C31H31N7O6. The largest absolute Gasteiger partial charge is 0.480 e. The fraction of sp³-hybridized carbons (Fsp3) is 0.290. The molecule has 0 aliphatic carbocycles. The number of oxazole rings is 1. The van der Waals surface area contributed by atoms with E-state index in [0.29, 0.717) is 24.0 Å². The number of aromatic nitrogens is 4. The number of benzene rings is 2. The van der Waals surface area contributed by atoms with Crippen LogP contribution in [0, 0.1) is 10.1 Å². The zero-order chi connectivity index (χ0) is 30.8. The Bertz CT molecular complexity index is 1810. The molecule has 226 valence electrons. The van der Waals surface area contributed by atoms with Crippen molar-refractivity contribution in [1.82, 2.24) is 30.0 Å². The van der Waals surface area contributed by atoms with E-state index in [1.54, 1.807) is 24.7 Å². The molecular weight excluding hydrogens is 566 g/mol. The molecule has 1 N–H and O–H groups in total. The minimum atomic E-state index is -0.723. The molecule has 0 radical (unpaired) electrons. The molecule has 44 heavy (non-hydrogen) atoms. The van der Waals surface area contributed by atoms with E-state index >= 15 is 0 Å². The monoisotopic (exact) mass is 597 g/mol. The van der Waals surface area contributed by atoms with Crippen LogP contribution in [0.2, 0.25) is 0 Å². The summed E-state index contributed by atoms with van der Waals surface area (Å²) >= 11 is 0. The Kier molecular flexibility index (Phi) is 8.05. The van der Waals surface area contributed by atoms with Crippen molar-refractivity contribution < 1.29 is 23.6 Å². The Labute approximate surface area is 252 Å². The summed E-state index contributed by atoms with van der Waals surface area (Å²) in [5.74, 6) is 0.751. The third kappa shape index (κ3) is 6.00. The maximum Gasteiger partial charge on any atom is 0.349 e. The van der Waals surface area contributed by atoms with Gasteiger partial charge in [-0.05, 0) is 49.7 Å². The van der Waals surface area contributed by atoms with Gasteiger partial charge in [0.05, 0.1) is 36.5 Å². The first kappa shape index (κ1) is 29.0. The number of carbonyl (C=O) groups is 1. The molecule has 1 saturated heterocycles. The van der Waals surface area contributed by atoms with Crippen LogP contribution < -0.4 is 9.47 Å². The highest BCUT2D eigenvalue weighted by atomic mass is 16.6. The van der Waals surface area contributed by atoms with Crippen LogP contribution >= 0.6 is 0 Å². The van der Waals surface area contributed by atoms with Crippen molar-refractivity contribution in [3.63, 3.8) is 0 Å². The number of hydrogen-bond acceptors (Lipinski definition) is 11. The Morgan fingerprint density at radius 3 is 2.52 bits per heavy atom. The molecule has 13 heteroatoms. The molecule has 0 bridgehead atoms. The molecule has 3 aromatic heterocycles. The lowest BCUT2D eigenvalue weighted by Gasteiger charge is -2.36. The number of fused-ring (bicyclic) bond motifs is 1. The third-order valence-corrected chi connectivity index (χ3v) is 7.72. The predicted octanol–water partition coefficient (Wildman–Crippen LogP) is 4.94. The number of non-ortho nitro benzene ring substituents is 1. The summed E-state index contributed by atoms with van der Waals surface area (Å²) in [6.45, 7) is 9.10. The lowest BCUT2D eigenvalue weighted by molar-refractivity contribution is -0.384. The molecule has 13 nitrogen and oxygen atoms in total. The highest BCUT2D eigenvalue weighted by molar-refractivity contribution is 5.98. The number of ether oxygens (including phenoxy) is 2. The van der Waals surface area contributed by atoms with Crippen LogP contribution in [0.5, 0.6) is 11.6 Å². The Morgan fingerprint density at radius 1 is 1.05 bits per heavy atom.